The van der Waals surface area contributed by atoms with Crippen molar-refractivity contribution in [2.75, 3.05) is 0 Å². The first kappa shape index (κ1) is 20.2. The Bertz CT molecular complexity index is 1020. The Morgan fingerprint density at radius 2 is 1.74 bits per heavy atom. The first-order valence-electron chi connectivity index (χ1n) is 7.80. The molecule has 0 bridgehead atoms. The minimum absolute atomic E-state index is 0.0259. The van der Waals surface area contributed by atoms with Crippen molar-refractivity contribution >= 4 is 47.9 Å². The zero-order chi connectivity index (χ0) is 19.8. The van der Waals surface area contributed by atoms with Crippen LogP contribution < -0.4 is 4.72 Å². The summed E-state index contributed by atoms with van der Waals surface area (Å²) in [5.74, 6) is -1.28. The number of carbonyl (C=O) groups excluding carboxylic acids is 1. The van der Waals surface area contributed by atoms with Crippen molar-refractivity contribution in [1.29, 1.82) is 0 Å². The lowest BCUT2D eigenvalue weighted by atomic mass is 10.0. The maximum Gasteiger partial charge on any atom is 0.346 e. The van der Waals surface area contributed by atoms with Crippen LogP contribution in [0, 0.1) is 12.7 Å². The lowest BCUT2D eigenvalue weighted by Crippen LogP contribution is -2.37. The number of esters is 1. The highest BCUT2D eigenvalue weighted by molar-refractivity contribution is 9.14. The fourth-order valence-corrected chi connectivity index (χ4v) is 4.68. The number of sulfonamides is 1. The van der Waals surface area contributed by atoms with Gasteiger partial charge in [0.05, 0.1) is 15.4 Å². The smallest absolute Gasteiger partial charge is 0.346 e. The average Bonchev–Trinajstić information content (AvgIpc) is 2.88. The molecule has 142 valence electrons. The van der Waals surface area contributed by atoms with E-state index in [2.05, 4.69) is 36.6 Å². The highest BCUT2D eigenvalue weighted by atomic mass is 79.9. The number of benzene rings is 2. The number of halogens is 3. The highest BCUT2D eigenvalue weighted by Crippen LogP contribution is 2.39. The minimum atomic E-state index is -4.00. The van der Waals surface area contributed by atoms with Gasteiger partial charge in [-0.25, -0.2) is 17.6 Å². The number of aryl methyl sites for hydroxylation is 1. The van der Waals surface area contributed by atoms with Crippen LogP contribution in [-0.2, 0) is 19.6 Å². The van der Waals surface area contributed by atoms with Gasteiger partial charge in [0, 0.05) is 5.56 Å². The van der Waals surface area contributed by atoms with E-state index in [-0.39, 0.29) is 14.9 Å². The van der Waals surface area contributed by atoms with E-state index in [1.807, 2.05) is 6.92 Å². The summed E-state index contributed by atoms with van der Waals surface area (Å²) in [6, 6.07) is 10.8. The lowest BCUT2D eigenvalue weighted by Gasteiger charge is -2.25. The number of ether oxygens (including phenoxy) is 1. The van der Waals surface area contributed by atoms with Crippen molar-refractivity contribution in [3.05, 3.63) is 74.4 Å². The number of cyclic esters (lactones) is 1. The molecule has 0 amide bonds. The molecular formula is C18H14Br2FNO4S. The molecule has 0 spiro atoms. The predicted octanol–water partition coefficient (Wildman–Crippen LogP) is 4.08. The number of rotatable bonds is 5. The van der Waals surface area contributed by atoms with E-state index >= 15 is 0 Å². The van der Waals surface area contributed by atoms with Gasteiger partial charge in [0.15, 0.2) is 6.10 Å². The third-order valence-electron chi connectivity index (χ3n) is 4.03. The van der Waals surface area contributed by atoms with Gasteiger partial charge in [0.1, 0.15) is 10.3 Å². The van der Waals surface area contributed by atoms with Crippen molar-refractivity contribution in [3.63, 3.8) is 0 Å². The second kappa shape index (κ2) is 7.83. The monoisotopic (exact) mass is 517 g/mol. The van der Waals surface area contributed by atoms with Crippen LogP contribution in [0.3, 0.4) is 0 Å². The number of carbonyl (C=O) groups is 1. The second-order valence-electron chi connectivity index (χ2n) is 5.92. The molecular weight excluding hydrogens is 505 g/mol. The van der Waals surface area contributed by atoms with Crippen LogP contribution in [0.5, 0.6) is 0 Å². The van der Waals surface area contributed by atoms with Crippen molar-refractivity contribution in [1.82, 2.24) is 4.72 Å². The fraction of sp³-hybridized carbons (Fsp3) is 0.167. The number of hydrogen-bond acceptors (Lipinski definition) is 4. The molecule has 0 fully saturated rings. The third-order valence-corrected chi connectivity index (χ3v) is 7.62. The quantitative estimate of drug-likeness (QED) is 0.605. The number of nitrogens with one attached hydrogen (secondary N) is 1. The Morgan fingerprint density at radius 3 is 2.30 bits per heavy atom. The van der Waals surface area contributed by atoms with Gasteiger partial charge in [-0.05, 0) is 57.0 Å². The van der Waals surface area contributed by atoms with Gasteiger partial charge in [-0.15, -0.1) is 0 Å². The largest absolute Gasteiger partial charge is 0.451 e. The summed E-state index contributed by atoms with van der Waals surface area (Å²) in [6.07, 6.45) is -1.05. The van der Waals surface area contributed by atoms with Gasteiger partial charge < -0.3 is 4.74 Å². The first-order chi connectivity index (χ1) is 12.7. The van der Waals surface area contributed by atoms with E-state index in [0.717, 1.165) is 5.56 Å². The molecule has 1 N–H and O–H groups in total. The average molecular weight is 519 g/mol. The van der Waals surface area contributed by atoms with E-state index in [4.69, 9.17) is 4.74 Å². The molecule has 27 heavy (non-hydrogen) atoms. The van der Waals surface area contributed by atoms with Crippen LogP contribution in [0.4, 0.5) is 4.39 Å². The van der Waals surface area contributed by atoms with Crippen LogP contribution in [-0.4, -0.2) is 20.5 Å². The van der Waals surface area contributed by atoms with Gasteiger partial charge in [-0.2, -0.15) is 4.72 Å². The third kappa shape index (κ3) is 4.16. The van der Waals surface area contributed by atoms with E-state index in [1.165, 1.54) is 30.3 Å². The number of hydrogen-bond donors (Lipinski definition) is 1. The van der Waals surface area contributed by atoms with Gasteiger partial charge in [-0.3, -0.25) is 0 Å². The molecule has 2 atom stereocenters. The molecule has 3 rings (SSSR count). The summed E-state index contributed by atoms with van der Waals surface area (Å²) in [4.78, 5) is 11.9. The Kier molecular flexibility index (Phi) is 5.85. The molecule has 0 aliphatic carbocycles. The first-order valence-corrected chi connectivity index (χ1v) is 10.9. The second-order valence-corrected chi connectivity index (χ2v) is 9.28. The fourth-order valence-electron chi connectivity index (χ4n) is 2.62. The molecule has 1 aliphatic rings. The van der Waals surface area contributed by atoms with Gasteiger partial charge >= 0.3 is 5.97 Å². The molecule has 5 nitrogen and oxygen atoms in total. The zero-order valence-corrected chi connectivity index (χ0v) is 17.9. The van der Waals surface area contributed by atoms with Crippen LogP contribution in [0.25, 0.3) is 0 Å². The maximum atomic E-state index is 14.4. The van der Waals surface area contributed by atoms with Crippen molar-refractivity contribution in [2.24, 2.45) is 0 Å². The Labute approximate surface area is 172 Å². The summed E-state index contributed by atoms with van der Waals surface area (Å²) >= 11 is 6.32. The van der Waals surface area contributed by atoms with Crippen molar-refractivity contribution < 1.29 is 22.3 Å². The van der Waals surface area contributed by atoms with Crippen LogP contribution in [0.2, 0.25) is 0 Å². The highest BCUT2D eigenvalue weighted by Gasteiger charge is 2.40. The van der Waals surface area contributed by atoms with Crippen molar-refractivity contribution in [2.45, 2.75) is 24.0 Å². The summed E-state index contributed by atoms with van der Waals surface area (Å²) in [5.41, 5.74) is 0.962. The maximum absolute atomic E-state index is 14.4. The van der Waals surface area contributed by atoms with Gasteiger partial charge in [-0.1, -0.05) is 35.9 Å². The van der Waals surface area contributed by atoms with Crippen LogP contribution in [0.15, 0.2) is 62.4 Å². The Balaban J connectivity index is 2.05. The standard InChI is InChI=1S/C18H14Br2FNO4S/c1-10-6-8-11(9-7-10)27(24,25)22-16(12-4-2-3-5-13(12)21)17-14(19)15(20)18(23)26-17/h2-9,16-17,22H,1H3/t16-,17-/m1/s1. The normalized spacial score (nSPS) is 18.5. The summed E-state index contributed by atoms with van der Waals surface area (Å²) < 4.78 is 48.3. The summed E-state index contributed by atoms with van der Waals surface area (Å²) in [6.45, 7) is 1.84. The molecule has 0 radical (unpaired) electrons. The molecule has 2 aromatic carbocycles. The predicted molar refractivity (Wildman–Crippen MR) is 105 cm³/mol. The summed E-state index contributed by atoms with van der Waals surface area (Å²) in [7, 11) is -4.00. The molecule has 0 saturated heterocycles. The van der Waals surface area contributed by atoms with E-state index in [9.17, 15) is 17.6 Å². The zero-order valence-electron chi connectivity index (χ0n) is 13.9. The summed E-state index contributed by atoms with van der Waals surface area (Å²) in [5, 5.41) is 0. The molecule has 9 heteroatoms. The van der Waals surface area contributed by atoms with Gasteiger partial charge in [0.2, 0.25) is 10.0 Å². The van der Waals surface area contributed by atoms with Crippen LogP contribution in [0.1, 0.15) is 17.2 Å². The molecule has 0 unspecified atom stereocenters. The molecule has 0 aromatic heterocycles. The Hall–Kier alpha value is -1.55. The van der Waals surface area contributed by atoms with Crippen molar-refractivity contribution in [3.8, 4) is 0 Å². The van der Waals surface area contributed by atoms with E-state index in [0.29, 0.717) is 4.48 Å². The molecule has 2 aromatic rings. The van der Waals surface area contributed by atoms with E-state index in [1.54, 1.807) is 18.2 Å². The Morgan fingerprint density at radius 1 is 1.11 bits per heavy atom. The van der Waals surface area contributed by atoms with Crippen LogP contribution >= 0.6 is 31.9 Å². The molecule has 1 heterocycles. The van der Waals surface area contributed by atoms with E-state index < -0.39 is 34.0 Å². The van der Waals surface area contributed by atoms with Gasteiger partial charge in [0.25, 0.3) is 0 Å². The molecule has 1 aliphatic heterocycles. The minimum Gasteiger partial charge on any atom is -0.451 e. The molecule has 0 saturated carbocycles. The SMILES string of the molecule is Cc1ccc(S(=O)(=O)N[C@H](c2ccccc2F)[C@@H]2OC(=O)C(Br)=C2Br)cc1. The topological polar surface area (TPSA) is 72.5 Å². The lowest BCUT2D eigenvalue weighted by molar-refractivity contribution is -0.139.